The first kappa shape index (κ1) is 13.3. The lowest BCUT2D eigenvalue weighted by Crippen LogP contribution is -2.52. The SMILES string of the molecule is O=C(O)CC1(NC(=O)[C@H]2CCCNC2)CCCC1. The normalized spacial score (nSPS) is 26.8. The second-order valence-corrected chi connectivity index (χ2v) is 5.59. The van der Waals surface area contributed by atoms with Gasteiger partial charge in [-0.15, -0.1) is 0 Å². The van der Waals surface area contributed by atoms with E-state index in [-0.39, 0.29) is 18.2 Å². The van der Waals surface area contributed by atoms with Crippen molar-refractivity contribution in [1.29, 1.82) is 0 Å². The van der Waals surface area contributed by atoms with Crippen LogP contribution in [0, 0.1) is 5.92 Å². The smallest absolute Gasteiger partial charge is 0.305 e. The van der Waals surface area contributed by atoms with Crippen LogP contribution in [-0.4, -0.2) is 35.6 Å². The highest BCUT2D eigenvalue weighted by molar-refractivity contribution is 5.81. The summed E-state index contributed by atoms with van der Waals surface area (Å²) in [6, 6.07) is 0. The molecular formula is C13H22N2O3. The summed E-state index contributed by atoms with van der Waals surface area (Å²) in [4.78, 5) is 23.2. The van der Waals surface area contributed by atoms with Crippen LogP contribution in [0.1, 0.15) is 44.9 Å². The van der Waals surface area contributed by atoms with Gasteiger partial charge in [-0.2, -0.15) is 0 Å². The number of hydrogen-bond donors (Lipinski definition) is 3. The molecule has 102 valence electrons. The summed E-state index contributed by atoms with van der Waals surface area (Å²) in [6.45, 7) is 1.69. The van der Waals surface area contributed by atoms with E-state index in [1.54, 1.807) is 0 Å². The first-order valence-electron chi connectivity index (χ1n) is 6.86. The summed E-state index contributed by atoms with van der Waals surface area (Å²) >= 11 is 0. The van der Waals surface area contributed by atoms with Crippen LogP contribution >= 0.6 is 0 Å². The highest BCUT2D eigenvalue weighted by Crippen LogP contribution is 2.33. The van der Waals surface area contributed by atoms with Crippen molar-refractivity contribution in [2.45, 2.75) is 50.5 Å². The van der Waals surface area contributed by atoms with Gasteiger partial charge in [0.2, 0.25) is 5.91 Å². The third-order valence-corrected chi connectivity index (χ3v) is 4.11. The van der Waals surface area contributed by atoms with E-state index in [2.05, 4.69) is 10.6 Å². The van der Waals surface area contributed by atoms with Gasteiger partial charge >= 0.3 is 5.97 Å². The van der Waals surface area contributed by atoms with E-state index in [1.165, 1.54) is 0 Å². The summed E-state index contributed by atoms with van der Waals surface area (Å²) in [7, 11) is 0. The molecule has 1 aliphatic heterocycles. The molecule has 1 saturated carbocycles. The molecule has 2 rings (SSSR count). The lowest BCUT2D eigenvalue weighted by Gasteiger charge is -2.32. The number of amides is 1. The van der Waals surface area contributed by atoms with Gasteiger partial charge in [0.25, 0.3) is 0 Å². The number of nitrogens with one attached hydrogen (secondary N) is 2. The van der Waals surface area contributed by atoms with Crippen molar-refractivity contribution in [2.24, 2.45) is 5.92 Å². The van der Waals surface area contributed by atoms with E-state index in [0.717, 1.165) is 51.6 Å². The van der Waals surface area contributed by atoms with Gasteiger partial charge < -0.3 is 15.7 Å². The van der Waals surface area contributed by atoms with Gasteiger partial charge in [0.1, 0.15) is 0 Å². The van der Waals surface area contributed by atoms with Crippen LogP contribution in [0.5, 0.6) is 0 Å². The average molecular weight is 254 g/mol. The number of rotatable bonds is 4. The van der Waals surface area contributed by atoms with E-state index in [9.17, 15) is 9.59 Å². The summed E-state index contributed by atoms with van der Waals surface area (Å²) in [5.74, 6) is -0.783. The van der Waals surface area contributed by atoms with Crippen LogP contribution in [0.3, 0.4) is 0 Å². The van der Waals surface area contributed by atoms with Gasteiger partial charge in [0, 0.05) is 6.54 Å². The Morgan fingerprint density at radius 2 is 2.00 bits per heavy atom. The lowest BCUT2D eigenvalue weighted by atomic mass is 9.90. The molecule has 3 N–H and O–H groups in total. The van der Waals surface area contributed by atoms with E-state index in [4.69, 9.17) is 5.11 Å². The fourth-order valence-corrected chi connectivity index (χ4v) is 3.13. The van der Waals surface area contributed by atoms with Crippen LogP contribution in [0.4, 0.5) is 0 Å². The average Bonchev–Trinajstić information content (AvgIpc) is 2.77. The number of piperidine rings is 1. The Kier molecular flexibility index (Phi) is 4.22. The Labute approximate surface area is 107 Å². The van der Waals surface area contributed by atoms with Crippen molar-refractivity contribution in [3.8, 4) is 0 Å². The predicted octanol–water partition coefficient (Wildman–Crippen LogP) is 0.890. The molecule has 2 aliphatic rings. The minimum absolute atomic E-state index is 0.00465. The molecule has 0 bridgehead atoms. The summed E-state index contributed by atoms with van der Waals surface area (Å²) in [6.07, 6.45) is 5.59. The fourth-order valence-electron chi connectivity index (χ4n) is 3.13. The van der Waals surface area contributed by atoms with Crippen molar-refractivity contribution in [3.63, 3.8) is 0 Å². The summed E-state index contributed by atoms with van der Waals surface area (Å²) < 4.78 is 0. The van der Waals surface area contributed by atoms with Gasteiger partial charge in [-0.3, -0.25) is 9.59 Å². The van der Waals surface area contributed by atoms with E-state index in [1.807, 2.05) is 0 Å². The number of carboxylic acids is 1. The molecule has 0 spiro atoms. The number of aliphatic carboxylic acids is 1. The van der Waals surface area contributed by atoms with Crippen LogP contribution in [0.15, 0.2) is 0 Å². The van der Waals surface area contributed by atoms with Gasteiger partial charge in [-0.05, 0) is 32.2 Å². The molecule has 18 heavy (non-hydrogen) atoms. The second-order valence-electron chi connectivity index (χ2n) is 5.59. The summed E-state index contributed by atoms with van der Waals surface area (Å²) in [5.41, 5.74) is -0.486. The Balaban J connectivity index is 1.95. The lowest BCUT2D eigenvalue weighted by molar-refractivity contribution is -0.139. The fraction of sp³-hybridized carbons (Fsp3) is 0.846. The zero-order valence-electron chi connectivity index (χ0n) is 10.7. The first-order valence-corrected chi connectivity index (χ1v) is 6.86. The van der Waals surface area contributed by atoms with Crippen molar-refractivity contribution in [1.82, 2.24) is 10.6 Å². The highest BCUT2D eigenvalue weighted by atomic mass is 16.4. The van der Waals surface area contributed by atoms with Crippen LogP contribution in [0.25, 0.3) is 0 Å². The van der Waals surface area contributed by atoms with E-state index < -0.39 is 11.5 Å². The Morgan fingerprint density at radius 3 is 2.56 bits per heavy atom. The third kappa shape index (κ3) is 3.22. The molecule has 0 radical (unpaired) electrons. The molecule has 1 atom stereocenters. The molecule has 5 heteroatoms. The number of hydrogen-bond acceptors (Lipinski definition) is 3. The van der Waals surface area contributed by atoms with Crippen LogP contribution in [-0.2, 0) is 9.59 Å². The van der Waals surface area contributed by atoms with E-state index in [0.29, 0.717) is 0 Å². The van der Waals surface area contributed by atoms with Gasteiger partial charge in [0.15, 0.2) is 0 Å². The maximum Gasteiger partial charge on any atom is 0.305 e. The Bertz CT molecular complexity index is 318. The Morgan fingerprint density at radius 1 is 1.28 bits per heavy atom. The number of carbonyl (C=O) groups excluding carboxylic acids is 1. The molecule has 5 nitrogen and oxygen atoms in total. The van der Waals surface area contributed by atoms with Gasteiger partial charge in [-0.25, -0.2) is 0 Å². The molecule has 0 aromatic carbocycles. The van der Waals surface area contributed by atoms with E-state index >= 15 is 0 Å². The highest BCUT2D eigenvalue weighted by Gasteiger charge is 2.38. The van der Waals surface area contributed by atoms with Gasteiger partial charge in [-0.1, -0.05) is 12.8 Å². The van der Waals surface area contributed by atoms with Crippen LogP contribution in [0.2, 0.25) is 0 Å². The third-order valence-electron chi connectivity index (χ3n) is 4.11. The minimum atomic E-state index is -0.820. The molecule has 0 aromatic rings. The maximum absolute atomic E-state index is 12.2. The molecule has 1 saturated heterocycles. The second kappa shape index (κ2) is 5.69. The molecule has 2 fully saturated rings. The van der Waals surface area contributed by atoms with Crippen molar-refractivity contribution in [2.75, 3.05) is 13.1 Å². The quantitative estimate of drug-likeness (QED) is 0.696. The monoisotopic (exact) mass is 254 g/mol. The number of carbonyl (C=O) groups is 2. The molecule has 1 amide bonds. The van der Waals surface area contributed by atoms with Crippen molar-refractivity contribution in [3.05, 3.63) is 0 Å². The molecular weight excluding hydrogens is 232 g/mol. The zero-order chi connectivity index (χ0) is 13.0. The topological polar surface area (TPSA) is 78.4 Å². The minimum Gasteiger partial charge on any atom is -0.481 e. The maximum atomic E-state index is 12.2. The Hall–Kier alpha value is -1.10. The standard InChI is InChI=1S/C13H22N2O3/c16-11(17)8-13(5-1-2-6-13)15-12(18)10-4-3-7-14-9-10/h10,14H,1-9H2,(H,15,18)(H,16,17)/t10-/m0/s1. The number of carboxylic acid groups (broad SMARTS) is 1. The predicted molar refractivity (Wildman–Crippen MR) is 67.2 cm³/mol. The molecule has 0 aromatic heterocycles. The van der Waals surface area contributed by atoms with Crippen molar-refractivity contribution >= 4 is 11.9 Å². The van der Waals surface area contributed by atoms with Gasteiger partial charge in [0.05, 0.1) is 17.9 Å². The summed E-state index contributed by atoms with van der Waals surface area (Å²) in [5, 5.41) is 15.2. The first-order chi connectivity index (χ1) is 8.61. The molecule has 1 aliphatic carbocycles. The largest absolute Gasteiger partial charge is 0.481 e. The van der Waals surface area contributed by atoms with Crippen molar-refractivity contribution < 1.29 is 14.7 Å². The zero-order valence-corrected chi connectivity index (χ0v) is 10.7. The molecule has 1 heterocycles. The molecule has 0 unspecified atom stereocenters. The van der Waals surface area contributed by atoms with Crippen LogP contribution < -0.4 is 10.6 Å².